The van der Waals surface area contributed by atoms with Crippen LogP contribution in [0, 0.1) is 39.9 Å². The van der Waals surface area contributed by atoms with Crippen molar-refractivity contribution in [2.24, 2.45) is 0 Å². The first-order valence-corrected chi connectivity index (χ1v) is 11.3. The number of halogens is 1. The number of benzene rings is 1. The lowest BCUT2D eigenvalue weighted by Gasteiger charge is -2.17. The van der Waals surface area contributed by atoms with Gasteiger partial charge in [0.15, 0.2) is 0 Å². The molecule has 0 amide bonds. The van der Waals surface area contributed by atoms with E-state index >= 15 is 0 Å². The minimum Gasteiger partial charge on any atom is -0.321 e. The van der Waals surface area contributed by atoms with Gasteiger partial charge in [0.1, 0.15) is 28.6 Å². The molecule has 1 aromatic carbocycles. The molecule has 36 heavy (non-hydrogen) atoms. The first-order valence-electron chi connectivity index (χ1n) is 11.3. The van der Waals surface area contributed by atoms with Crippen molar-refractivity contribution >= 4 is 29.2 Å². The molecular weight excluding hydrogens is 469 g/mol. The highest BCUT2D eigenvalue weighted by Crippen LogP contribution is 2.30. The van der Waals surface area contributed by atoms with Gasteiger partial charge in [-0.1, -0.05) is 12.1 Å². The van der Waals surface area contributed by atoms with Gasteiger partial charge in [0.05, 0.1) is 15.5 Å². The molecule has 3 aromatic rings. The number of aryl methyl sites for hydroxylation is 2. The average molecular weight is 498 g/mol. The largest absolute Gasteiger partial charge is 0.321 e. The van der Waals surface area contributed by atoms with Crippen LogP contribution in [0.15, 0.2) is 36.7 Å². The van der Waals surface area contributed by atoms with Crippen molar-refractivity contribution in [2.45, 2.75) is 53.6 Å². The Bertz CT molecular complexity index is 1270. The molecule has 0 aliphatic heterocycles. The number of aromatic nitrogens is 4. The second kappa shape index (κ2) is 10.5. The molecule has 11 nitrogen and oxygen atoms in total. The molecule has 3 rings (SSSR count). The predicted molar refractivity (Wildman–Crippen MR) is 135 cm³/mol. The summed E-state index contributed by atoms with van der Waals surface area (Å²) in [6.07, 6.45) is 5.89. The Hall–Kier alpha value is -4.35. The van der Waals surface area contributed by atoms with Gasteiger partial charge in [0, 0.05) is 24.5 Å². The Balaban J connectivity index is 2.17. The Morgan fingerprint density at radius 2 is 1.28 bits per heavy atom. The van der Waals surface area contributed by atoms with E-state index in [1.54, 1.807) is 19.9 Å². The van der Waals surface area contributed by atoms with Gasteiger partial charge in [0.2, 0.25) is 0 Å². The molecule has 12 heteroatoms. The zero-order valence-electron chi connectivity index (χ0n) is 20.9. The van der Waals surface area contributed by atoms with Crippen molar-refractivity contribution in [3.05, 3.63) is 85.5 Å². The molecule has 0 radical (unpaired) electrons. The molecule has 0 saturated heterocycles. The number of hydrogen-bond donors (Lipinski definition) is 0. The van der Waals surface area contributed by atoms with Crippen LogP contribution < -0.4 is 4.90 Å². The van der Waals surface area contributed by atoms with Crippen LogP contribution in [0.3, 0.4) is 0 Å². The molecule has 0 atom stereocenters. The van der Waals surface area contributed by atoms with Crippen LogP contribution in [0.1, 0.15) is 62.6 Å². The zero-order valence-corrected chi connectivity index (χ0v) is 20.9. The van der Waals surface area contributed by atoms with E-state index in [1.165, 1.54) is 57.0 Å². The molecule has 0 saturated carbocycles. The van der Waals surface area contributed by atoms with Crippen LogP contribution in [0.2, 0.25) is 0 Å². The van der Waals surface area contributed by atoms with Gasteiger partial charge in [-0.3, -0.25) is 29.6 Å². The van der Waals surface area contributed by atoms with Gasteiger partial charge in [0.25, 0.3) is 0 Å². The number of hydrogen-bond acceptors (Lipinski definition) is 7. The van der Waals surface area contributed by atoms with E-state index in [2.05, 4.69) is 10.2 Å². The van der Waals surface area contributed by atoms with Crippen LogP contribution in [0.4, 0.5) is 21.5 Å². The van der Waals surface area contributed by atoms with E-state index in [0.717, 1.165) is 0 Å². The molecule has 0 spiro atoms. The van der Waals surface area contributed by atoms with Crippen molar-refractivity contribution in [3.63, 3.8) is 0 Å². The molecule has 2 heterocycles. The van der Waals surface area contributed by atoms with Crippen molar-refractivity contribution in [2.75, 3.05) is 4.90 Å². The van der Waals surface area contributed by atoms with Crippen molar-refractivity contribution in [3.8, 4) is 0 Å². The second-order valence-electron chi connectivity index (χ2n) is 8.72. The van der Waals surface area contributed by atoms with Gasteiger partial charge in [-0.2, -0.15) is 10.2 Å². The molecule has 0 unspecified atom stereocenters. The quantitative estimate of drug-likeness (QED) is 0.264. The number of nitro groups is 2. The van der Waals surface area contributed by atoms with Gasteiger partial charge < -0.3 is 4.90 Å². The fourth-order valence-electron chi connectivity index (χ4n) is 3.84. The maximum Gasteiger partial charge on any atom is 0.317 e. The molecule has 0 fully saturated rings. The van der Waals surface area contributed by atoms with E-state index in [0.29, 0.717) is 0 Å². The molecule has 2 aromatic heterocycles. The summed E-state index contributed by atoms with van der Waals surface area (Å²) in [4.78, 5) is 23.8. The smallest absolute Gasteiger partial charge is 0.317 e. The lowest BCUT2D eigenvalue weighted by atomic mass is 10.2. The zero-order chi connectivity index (χ0) is 26.7. The highest BCUT2D eigenvalue weighted by molar-refractivity contribution is 5.68. The van der Waals surface area contributed by atoms with Crippen LogP contribution in [0.5, 0.6) is 0 Å². The summed E-state index contributed by atoms with van der Waals surface area (Å²) < 4.78 is 17.8. The van der Waals surface area contributed by atoms with Crippen LogP contribution >= 0.6 is 0 Å². The molecule has 0 bridgehead atoms. The minimum absolute atomic E-state index is 0.148. The summed E-state index contributed by atoms with van der Waals surface area (Å²) in [5.74, 6) is -0.544. The lowest BCUT2D eigenvalue weighted by molar-refractivity contribution is -0.385. The minimum atomic E-state index is -0.544. The third-order valence-electron chi connectivity index (χ3n) is 5.44. The predicted octanol–water partition coefficient (Wildman–Crippen LogP) is 5.96. The number of nitrogens with zero attached hydrogens (tertiary/aromatic N) is 7. The summed E-state index contributed by atoms with van der Waals surface area (Å²) in [5, 5.41) is 32.0. The summed E-state index contributed by atoms with van der Waals surface area (Å²) in [6.45, 7) is 10.5. The number of anilines is 1. The Morgan fingerprint density at radius 1 is 0.861 bits per heavy atom. The van der Waals surface area contributed by atoms with E-state index in [-0.39, 0.29) is 51.9 Å². The van der Waals surface area contributed by atoms with E-state index in [1.807, 2.05) is 27.7 Å². The highest BCUT2D eigenvalue weighted by Gasteiger charge is 2.26. The topological polar surface area (TPSA) is 125 Å². The number of para-hydroxylation sites is 1. The first-order chi connectivity index (χ1) is 16.9. The third kappa shape index (κ3) is 5.16. The molecule has 0 aliphatic carbocycles. The van der Waals surface area contributed by atoms with Crippen LogP contribution in [-0.2, 0) is 0 Å². The lowest BCUT2D eigenvalue weighted by Crippen LogP contribution is -2.11. The summed E-state index contributed by atoms with van der Waals surface area (Å²) in [6, 6.07) is 5.65. The normalized spacial score (nSPS) is 11.9. The van der Waals surface area contributed by atoms with Gasteiger partial charge in [-0.15, -0.1) is 0 Å². The third-order valence-corrected chi connectivity index (χ3v) is 5.44. The maximum absolute atomic E-state index is 14.8. The van der Waals surface area contributed by atoms with Gasteiger partial charge in [-0.05, 0) is 65.8 Å². The van der Waals surface area contributed by atoms with E-state index < -0.39 is 15.7 Å². The summed E-state index contributed by atoms with van der Waals surface area (Å²) in [7, 11) is 0. The van der Waals surface area contributed by atoms with Crippen molar-refractivity contribution in [1.29, 1.82) is 0 Å². The standard InChI is InChI=1S/C24H28FN7O4/c1-15(2)29-21(23(31(33)34)17(5)26-29)11-13-28(20-10-8-7-9-19(20)25)14-12-22-24(32(35)36)18(6)27-30(22)16(3)4/h7-16H,1-6H3/b13-11+,14-12+. The van der Waals surface area contributed by atoms with E-state index in [9.17, 15) is 24.6 Å². The molecule has 0 N–H and O–H groups in total. The first kappa shape index (κ1) is 26.3. The summed E-state index contributed by atoms with van der Waals surface area (Å²) >= 11 is 0. The van der Waals surface area contributed by atoms with E-state index in [4.69, 9.17) is 0 Å². The Labute approximate surface area is 207 Å². The van der Waals surface area contributed by atoms with Crippen LogP contribution in [-0.4, -0.2) is 29.4 Å². The Kier molecular flexibility index (Phi) is 7.66. The fourth-order valence-corrected chi connectivity index (χ4v) is 3.84. The highest BCUT2D eigenvalue weighted by atomic mass is 19.1. The van der Waals surface area contributed by atoms with Crippen molar-refractivity contribution in [1.82, 2.24) is 19.6 Å². The fraction of sp³-hybridized carbons (Fsp3) is 0.333. The Morgan fingerprint density at radius 3 is 1.64 bits per heavy atom. The molecular formula is C24H28FN7O4. The van der Waals surface area contributed by atoms with Gasteiger partial charge >= 0.3 is 11.4 Å². The average Bonchev–Trinajstić information content (AvgIpc) is 3.31. The van der Waals surface area contributed by atoms with Crippen molar-refractivity contribution < 1.29 is 14.2 Å². The molecule has 190 valence electrons. The number of rotatable bonds is 9. The summed E-state index contributed by atoms with van der Waals surface area (Å²) in [5.41, 5.74) is 0.854. The maximum atomic E-state index is 14.8. The monoisotopic (exact) mass is 497 g/mol. The SMILES string of the molecule is Cc1nn(C(C)C)c(/C=C/N(/C=C/c2c([N+](=O)[O-])c(C)nn2C(C)C)c2ccccc2F)c1[N+](=O)[O-]. The second-order valence-corrected chi connectivity index (χ2v) is 8.72. The van der Waals surface area contributed by atoms with Gasteiger partial charge in [-0.25, -0.2) is 4.39 Å². The van der Waals surface area contributed by atoms with Crippen LogP contribution in [0.25, 0.3) is 12.2 Å². The molecule has 0 aliphatic rings.